The molecule has 1 heterocycles. The van der Waals surface area contributed by atoms with Crippen molar-refractivity contribution in [3.63, 3.8) is 0 Å². The molecule has 2 unspecified atom stereocenters. The van der Waals surface area contributed by atoms with E-state index in [9.17, 15) is 13.9 Å². The van der Waals surface area contributed by atoms with Crippen molar-refractivity contribution >= 4 is 0 Å². The molecule has 3 rings (SSSR count). The second-order valence-corrected chi connectivity index (χ2v) is 5.08. The number of fused-ring (bicyclic) bond motifs is 1. The van der Waals surface area contributed by atoms with Crippen molar-refractivity contribution in [3.05, 3.63) is 64.7 Å². The highest BCUT2D eigenvalue weighted by Gasteiger charge is 2.21. The minimum absolute atomic E-state index is 0.126. The van der Waals surface area contributed by atoms with Gasteiger partial charge in [0.1, 0.15) is 18.0 Å². The predicted octanol–water partition coefficient (Wildman–Crippen LogP) is 3.37. The van der Waals surface area contributed by atoms with Gasteiger partial charge < -0.3 is 9.84 Å². The molecule has 0 aromatic heterocycles. The minimum atomic E-state index is -0.980. The Kier molecular flexibility index (Phi) is 3.18. The summed E-state index contributed by atoms with van der Waals surface area (Å²) in [5, 5.41) is 10.3. The van der Waals surface area contributed by atoms with E-state index in [4.69, 9.17) is 4.74 Å². The lowest BCUT2D eigenvalue weighted by Crippen LogP contribution is -2.05. The summed E-state index contributed by atoms with van der Waals surface area (Å²) in [4.78, 5) is 0. The Hall–Kier alpha value is -1.94. The standard InChI is InChI=1S/C16H14F2O2/c1-9-6-12-7-10(3-5-15(12)20-9)16(19)11-2-4-13(17)14(18)8-11/h2-5,7-9,16,19H,6H2,1H3. The molecule has 0 amide bonds. The number of rotatable bonds is 2. The van der Waals surface area contributed by atoms with Crippen LogP contribution in [0.2, 0.25) is 0 Å². The van der Waals surface area contributed by atoms with E-state index in [0.29, 0.717) is 11.1 Å². The molecule has 0 saturated carbocycles. The monoisotopic (exact) mass is 276 g/mol. The predicted molar refractivity (Wildman–Crippen MR) is 70.7 cm³/mol. The van der Waals surface area contributed by atoms with Gasteiger partial charge in [0.2, 0.25) is 0 Å². The largest absolute Gasteiger partial charge is 0.490 e. The SMILES string of the molecule is CC1Cc2cc(C(O)c3ccc(F)c(F)c3)ccc2O1. The van der Waals surface area contributed by atoms with Crippen LogP contribution in [-0.4, -0.2) is 11.2 Å². The average Bonchev–Trinajstić information content (AvgIpc) is 2.80. The molecule has 2 aromatic rings. The molecule has 0 saturated heterocycles. The van der Waals surface area contributed by atoms with Crippen LogP contribution in [0.5, 0.6) is 5.75 Å². The van der Waals surface area contributed by atoms with Crippen molar-refractivity contribution in [3.8, 4) is 5.75 Å². The summed E-state index contributed by atoms with van der Waals surface area (Å²) in [5.41, 5.74) is 2.00. The molecule has 4 heteroatoms. The van der Waals surface area contributed by atoms with Gasteiger partial charge in [-0.3, -0.25) is 0 Å². The van der Waals surface area contributed by atoms with E-state index >= 15 is 0 Å². The first kappa shape index (κ1) is 13.1. The fraction of sp³-hybridized carbons (Fsp3) is 0.250. The first-order valence-corrected chi connectivity index (χ1v) is 6.47. The first-order chi connectivity index (χ1) is 9.54. The van der Waals surface area contributed by atoms with Crippen LogP contribution in [-0.2, 0) is 6.42 Å². The van der Waals surface area contributed by atoms with Crippen LogP contribution in [0.3, 0.4) is 0 Å². The normalized spacial score (nSPS) is 18.5. The maximum atomic E-state index is 13.2. The van der Waals surface area contributed by atoms with Crippen LogP contribution >= 0.6 is 0 Å². The fourth-order valence-corrected chi connectivity index (χ4v) is 2.49. The molecule has 0 spiro atoms. The van der Waals surface area contributed by atoms with Gasteiger partial charge in [-0.25, -0.2) is 8.78 Å². The van der Waals surface area contributed by atoms with Crippen molar-refractivity contribution in [2.24, 2.45) is 0 Å². The third kappa shape index (κ3) is 2.27. The molecule has 1 aliphatic heterocycles. The van der Waals surface area contributed by atoms with Crippen LogP contribution in [0.25, 0.3) is 0 Å². The van der Waals surface area contributed by atoms with Crippen molar-refractivity contribution in [1.29, 1.82) is 0 Å². The van der Waals surface area contributed by atoms with Gasteiger partial charge in [0, 0.05) is 6.42 Å². The number of aliphatic hydroxyl groups excluding tert-OH is 1. The van der Waals surface area contributed by atoms with E-state index in [2.05, 4.69) is 0 Å². The number of benzene rings is 2. The highest BCUT2D eigenvalue weighted by atomic mass is 19.2. The highest BCUT2D eigenvalue weighted by molar-refractivity contribution is 5.43. The molecular weight excluding hydrogens is 262 g/mol. The summed E-state index contributed by atoms with van der Waals surface area (Å²) in [7, 11) is 0. The maximum absolute atomic E-state index is 13.2. The third-order valence-electron chi connectivity index (χ3n) is 3.50. The lowest BCUT2D eigenvalue weighted by atomic mass is 9.98. The van der Waals surface area contributed by atoms with Crippen molar-refractivity contribution in [2.75, 3.05) is 0 Å². The second-order valence-electron chi connectivity index (χ2n) is 5.08. The molecular formula is C16H14F2O2. The Bertz CT molecular complexity index is 655. The van der Waals surface area contributed by atoms with Crippen molar-refractivity contribution in [2.45, 2.75) is 25.6 Å². The van der Waals surface area contributed by atoms with Crippen LogP contribution in [0.1, 0.15) is 29.7 Å². The number of hydrogen-bond acceptors (Lipinski definition) is 2. The van der Waals surface area contributed by atoms with Crippen LogP contribution in [0.4, 0.5) is 8.78 Å². The van der Waals surface area contributed by atoms with Crippen LogP contribution in [0, 0.1) is 11.6 Å². The second kappa shape index (κ2) is 4.87. The molecule has 0 bridgehead atoms. The van der Waals surface area contributed by atoms with Crippen molar-refractivity contribution < 1.29 is 18.6 Å². The summed E-state index contributed by atoms with van der Waals surface area (Å²) in [6, 6.07) is 8.82. The minimum Gasteiger partial charge on any atom is -0.490 e. The number of aliphatic hydroxyl groups is 1. The molecule has 20 heavy (non-hydrogen) atoms. The molecule has 104 valence electrons. The van der Waals surface area contributed by atoms with E-state index in [1.54, 1.807) is 12.1 Å². The number of halogens is 2. The van der Waals surface area contributed by atoms with Gasteiger partial charge in [0.05, 0.1) is 0 Å². The average molecular weight is 276 g/mol. The topological polar surface area (TPSA) is 29.5 Å². The lowest BCUT2D eigenvalue weighted by molar-refractivity contribution is 0.219. The summed E-state index contributed by atoms with van der Waals surface area (Å²) in [5.74, 6) is -1.06. The molecule has 2 nitrogen and oxygen atoms in total. The van der Waals surface area contributed by atoms with E-state index in [1.165, 1.54) is 6.07 Å². The Morgan fingerprint density at radius 2 is 1.80 bits per heavy atom. The Balaban J connectivity index is 1.93. The van der Waals surface area contributed by atoms with E-state index in [-0.39, 0.29) is 6.10 Å². The van der Waals surface area contributed by atoms with Gasteiger partial charge in [0.15, 0.2) is 11.6 Å². The van der Waals surface area contributed by atoms with Crippen LogP contribution in [0.15, 0.2) is 36.4 Å². The molecule has 2 aromatic carbocycles. The zero-order valence-electron chi connectivity index (χ0n) is 10.9. The Labute approximate surface area is 115 Å². The fourth-order valence-electron chi connectivity index (χ4n) is 2.49. The van der Waals surface area contributed by atoms with Gasteiger partial charge >= 0.3 is 0 Å². The van der Waals surface area contributed by atoms with Gasteiger partial charge in [0.25, 0.3) is 0 Å². The zero-order chi connectivity index (χ0) is 14.3. The maximum Gasteiger partial charge on any atom is 0.159 e. The summed E-state index contributed by atoms with van der Waals surface area (Å²) in [6.07, 6.45) is -0.0693. The van der Waals surface area contributed by atoms with Gasteiger partial charge in [-0.05, 0) is 47.9 Å². The van der Waals surface area contributed by atoms with Gasteiger partial charge in [-0.2, -0.15) is 0 Å². The summed E-state index contributed by atoms with van der Waals surface area (Å²) < 4.78 is 31.7. The molecule has 1 aliphatic rings. The molecule has 0 radical (unpaired) electrons. The quantitative estimate of drug-likeness (QED) is 0.911. The summed E-state index contributed by atoms with van der Waals surface area (Å²) in [6.45, 7) is 1.98. The number of ether oxygens (including phenoxy) is 1. The third-order valence-corrected chi connectivity index (χ3v) is 3.50. The summed E-state index contributed by atoms with van der Waals surface area (Å²) >= 11 is 0. The Morgan fingerprint density at radius 3 is 2.55 bits per heavy atom. The molecule has 2 atom stereocenters. The molecule has 0 aliphatic carbocycles. The zero-order valence-corrected chi connectivity index (χ0v) is 10.9. The van der Waals surface area contributed by atoms with Gasteiger partial charge in [-0.1, -0.05) is 12.1 Å². The van der Waals surface area contributed by atoms with Gasteiger partial charge in [-0.15, -0.1) is 0 Å². The smallest absolute Gasteiger partial charge is 0.159 e. The highest BCUT2D eigenvalue weighted by Crippen LogP contribution is 2.32. The lowest BCUT2D eigenvalue weighted by Gasteiger charge is -2.13. The van der Waals surface area contributed by atoms with E-state index < -0.39 is 17.7 Å². The van der Waals surface area contributed by atoms with E-state index in [1.807, 2.05) is 13.0 Å². The van der Waals surface area contributed by atoms with Crippen molar-refractivity contribution in [1.82, 2.24) is 0 Å². The first-order valence-electron chi connectivity index (χ1n) is 6.47. The number of hydrogen-bond donors (Lipinski definition) is 1. The molecule has 1 N–H and O–H groups in total. The van der Waals surface area contributed by atoms with E-state index in [0.717, 1.165) is 29.9 Å². The Morgan fingerprint density at radius 1 is 1.10 bits per heavy atom. The van der Waals surface area contributed by atoms with Crippen LogP contribution < -0.4 is 4.74 Å². The molecule has 0 fully saturated rings.